The second-order valence-corrected chi connectivity index (χ2v) is 10.9. The van der Waals surface area contributed by atoms with Gasteiger partial charge in [-0.1, -0.05) is 36.4 Å². The molecule has 0 spiro atoms. The number of halogens is 1. The molecule has 2 aromatic carbocycles. The monoisotopic (exact) mass is 439 g/mol. The molecule has 0 saturated heterocycles. The van der Waals surface area contributed by atoms with E-state index in [1.165, 1.54) is 13.0 Å². The molecule has 0 aliphatic rings. The van der Waals surface area contributed by atoms with Crippen molar-refractivity contribution in [2.45, 2.75) is 22.3 Å². The van der Waals surface area contributed by atoms with Crippen LogP contribution in [-0.2, 0) is 24.5 Å². The fourth-order valence-corrected chi connectivity index (χ4v) is 5.36. The second-order valence-electron chi connectivity index (χ2n) is 6.40. The van der Waals surface area contributed by atoms with E-state index < -0.39 is 41.9 Å². The van der Waals surface area contributed by atoms with Crippen molar-refractivity contribution in [3.05, 3.63) is 78.6 Å². The molecule has 0 fully saturated rings. The lowest BCUT2D eigenvalue weighted by atomic mass is 10.1. The Morgan fingerprint density at radius 3 is 2.21 bits per heavy atom. The Morgan fingerprint density at radius 1 is 1.07 bits per heavy atom. The number of hydrogen-bond donors (Lipinski definition) is 1. The Labute approximate surface area is 170 Å². The highest BCUT2D eigenvalue weighted by molar-refractivity contribution is 7.93. The zero-order valence-corrected chi connectivity index (χ0v) is 17.4. The number of carbonyl (C=O) groups excluding carboxylic acids is 1. The standard InChI is InChI=1S/C20H22FNO5S2/c1-3-13-28(24,25)15(2)20(23)22-14-19(16-7-5-4-6-8-16)29(26,27)18-11-9-17(21)10-12-18/h3-12,15,19H,1,13-14H2,2H3,(H,22,23). The molecular weight excluding hydrogens is 417 g/mol. The highest BCUT2D eigenvalue weighted by Gasteiger charge is 2.32. The zero-order valence-electron chi connectivity index (χ0n) is 15.8. The summed E-state index contributed by atoms with van der Waals surface area (Å²) in [7, 11) is -7.72. The van der Waals surface area contributed by atoms with E-state index in [9.17, 15) is 26.0 Å². The first kappa shape index (κ1) is 22.8. The summed E-state index contributed by atoms with van der Waals surface area (Å²) in [5.74, 6) is -1.74. The molecule has 0 aliphatic heterocycles. The lowest BCUT2D eigenvalue weighted by Gasteiger charge is -2.20. The topological polar surface area (TPSA) is 97.4 Å². The molecule has 9 heteroatoms. The van der Waals surface area contributed by atoms with Gasteiger partial charge in [0.1, 0.15) is 16.3 Å². The molecule has 2 aromatic rings. The van der Waals surface area contributed by atoms with Crippen LogP contribution in [0.25, 0.3) is 0 Å². The van der Waals surface area contributed by atoms with Crippen molar-refractivity contribution in [2.24, 2.45) is 0 Å². The van der Waals surface area contributed by atoms with Crippen LogP contribution in [-0.4, -0.2) is 40.3 Å². The van der Waals surface area contributed by atoms with Crippen LogP contribution in [0, 0.1) is 5.82 Å². The number of amides is 1. The maximum Gasteiger partial charge on any atom is 0.238 e. The Bertz CT molecular complexity index is 1070. The molecule has 0 aromatic heterocycles. The van der Waals surface area contributed by atoms with E-state index in [1.54, 1.807) is 30.3 Å². The van der Waals surface area contributed by atoms with Gasteiger partial charge >= 0.3 is 0 Å². The highest BCUT2D eigenvalue weighted by Crippen LogP contribution is 2.28. The molecule has 2 unspecified atom stereocenters. The van der Waals surface area contributed by atoms with Gasteiger partial charge in [-0.05, 0) is 36.8 Å². The molecule has 0 saturated carbocycles. The lowest BCUT2D eigenvalue weighted by molar-refractivity contribution is -0.120. The van der Waals surface area contributed by atoms with Gasteiger partial charge < -0.3 is 5.32 Å². The van der Waals surface area contributed by atoms with Crippen LogP contribution in [0.3, 0.4) is 0 Å². The van der Waals surface area contributed by atoms with Crippen LogP contribution in [0.15, 0.2) is 72.1 Å². The third kappa shape index (κ3) is 5.51. The Hall–Kier alpha value is -2.52. The molecule has 0 heterocycles. The first-order chi connectivity index (χ1) is 13.6. The summed E-state index contributed by atoms with van der Waals surface area (Å²) < 4.78 is 63.5. The van der Waals surface area contributed by atoms with Crippen LogP contribution in [0.5, 0.6) is 0 Å². The quantitative estimate of drug-likeness (QED) is 0.478. The van der Waals surface area contributed by atoms with E-state index in [-0.39, 0.29) is 17.2 Å². The van der Waals surface area contributed by atoms with Gasteiger partial charge in [0.05, 0.1) is 10.6 Å². The van der Waals surface area contributed by atoms with Crippen LogP contribution < -0.4 is 5.32 Å². The molecule has 29 heavy (non-hydrogen) atoms. The Balaban J connectivity index is 2.32. The third-order valence-electron chi connectivity index (χ3n) is 4.41. The summed E-state index contributed by atoms with van der Waals surface area (Å²) in [4.78, 5) is 12.2. The molecular formula is C20H22FNO5S2. The summed E-state index contributed by atoms with van der Waals surface area (Å²) in [5.41, 5.74) is 0.415. The maximum absolute atomic E-state index is 13.2. The molecule has 1 N–H and O–H groups in total. The predicted octanol–water partition coefficient (Wildman–Crippen LogP) is 2.45. The zero-order chi connectivity index (χ0) is 21.7. The van der Waals surface area contributed by atoms with Gasteiger partial charge in [-0.15, -0.1) is 6.58 Å². The predicted molar refractivity (Wildman–Crippen MR) is 109 cm³/mol. The summed E-state index contributed by atoms with van der Waals surface area (Å²) in [6.07, 6.45) is 1.19. The van der Waals surface area contributed by atoms with Crippen LogP contribution >= 0.6 is 0 Å². The first-order valence-electron chi connectivity index (χ1n) is 8.74. The summed E-state index contributed by atoms with van der Waals surface area (Å²) in [6, 6.07) is 12.6. The Kier molecular flexibility index (Phi) is 7.32. The highest BCUT2D eigenvalue weighted by atomic mass is 32.2. The lowest BCUT2D eigenvalue weighted by Crippen LogP contribution is -2.41. The van der Waals surface area contributed by atoms with Crippen LogP contribution in [0.4, 0.5) is 4.39 Å². The van der Waals surface area contributed by atoms with Gasteiger partial charge in [-0.25, -0.2) is 21.2 Å². The molecule has 0 radical (unpaired) electrons. The molecule has 2 rings (SSSR count). The minimum absolute atomic E-state index is 0.102. The fraction of sp³-hybridized carbons (Fsp3) is 0.250. The first-order valence-corrected chi connectivity index (χ1v) is 12.0. The smallest absolute Gasteiger partial charge is 0.238 e. The third-order valence-corrected chi connectivity index (χ3v) is 8.52. The molecule has 0 aliphatic carbocycles. The molecule has 1 amide bonds. The number of hydrogen-bond acceptors (Lipinski definition) is 5. The number of rotatable bonds is 9. The second kappa shape index (κ2) is 9.32. The molecule has 2 atom stereocenters. The van der Waals surface area contributed by atoms with E-state index in [0.717, 1.165) is 24.3 Å². The van der Waals surface area contributed by atoms with Gasteiger partial charge in [-0.2, -0.15) is 0 Å². The average Bonchev–Trinajstić information content (AvgIpc) is 2.68. The van der Waals surface area contributed by atoms with Crippen molar-refractivity contribution >= 4 is 25.6 Å². The van der Waals surface area contributed by atoms with Crippen LogP contribution in [0.2, 0.25) is 0 Å². The van der Waals surface area contributed by atoms with E-state index in [2.05, 4.69) is 11.9 Å². The SMILES string of the molecule is C=CCS(=O)(=O)C(C)C(=O)NCC(c1ccccc1)S(=O)(=O)c1ccc(F)cc1. The maximum atomic E-state index is 13.2. The van der Waals surface area contributed by atoms with Gasteiger partial charge in [0.15, 0.2) is 19.7 Å². The van der Waals surface area contributed by atoms with Gasteiger partial charge in [0, 0.05) is 6.54 Å². The van der Waals surface area contributed by atoms with Crippen molar-refractivity contribution in [1.82, 2.24) is 5.32 Å². The summed E-state index contributed by atoms with van der Waals surface area (Å²) in [6.45, 7) is 4.26. The average molecular weight is 440 g/mol. The Morgan fingerprint density at radius 2 is 1.66 bits per heavy atom. The number of sulfone groups is 2. The fourth-order valence-electron chi connectivity index (χ4n) is 2.67. The van der Waals surface area contributed by atoms with E-state index in [0.29, 0.717) is 5.56 Å². The van der Waals surface area contributed by atoms with E-state index in [1.807, 2.05) is 0 Å². The van der Waals surface area contributed by atoms with Crippen molar-refractivity contribution in [2.75, 3.05) is 12.3 Å². The van der Waals surface area contributed by atoms with Crippen molar-refractivity contribution in [3.63, 3.8) is 0 Å². The van der Waals surface area contributed by atoms with Gasteiger partial charge in [0.25, 0.3) is 0 Å². The minimum Gasteiger partial charge on any atom is -0.353 e. The van der Waals surface area contributed by atoms with Crippen molar-refractivity contribution in [1.29, 1.82) is 0 Å². The van der Waals surface area contributed by atoms with Crippen molar-refractivity contribution < 1.29 is 26.0 Å². The number of carbonyl (C=O) groups is 1. The minimum atomic E-state index is -3.98. The van der Waals surface area contributed by atoms with Gasteiger partial charge in [0.2, 0.25) is 5.91 Å². The van der Waals surface area contributed by atoms with Crippen molar-refractivity contribution in [3.8, 4) is 0 Å². The summed E-state index contributed by atoms with van der Waals surface area (Å²) >= 11 is 0. The number of nitrogens with one attached hydrogen (secondary N) is 1. The molecule has 0 bridgehead atoms. The normalized spacial score (nSPS) is 14.0. The van der Waals surface area contributed by atoms with E-state index >= 15 is 0 Å². The summed E-state index contributed by atoms with van der Waals surface area (Å²) in [5, 5.41) is -0.103. The molecule has 156 valence electrons. The molecule has 6 nitrogen and oxygen atoms in total. The van der Waals surface area contributed by atoms with Crippen LogP contribution in [0.1, 0.15) is 17.7 Å². The van der Waals surface area contributed by atoms with Gasteiger partial charge in [-0.3, -0.25) is 4.79 Å². The number of benzene rings is 2. The van der Waals surface area contributed by atoms with E-state index in [4.69, 9.17) is 0 Å². The largest absolute Gasteiger partial charge is 0.353 e.